The number of nitrogens with one attached hydrogen (secondary N) is 9. The molecule has 111 heavy (non-hydrogen) atoms. The Morgan fingerprint density at radius 3 is 1.21 bits per heavy atom. The van der Waals surface area contributed by atoms with Crippen LogP contribution in [-0.2, 0) is 45.0 Å². The van der Waals surface area contributed by atoms with Crippen LogP contribution < -0.4 is 47.9 Å². The Balaban J connectivity index is 0.000000177. The molecule has 12 rings (SSSR count). The van der Waals surface area contributed by atoms with Crippen molar-refractivity contribution in [3.63, 3.8) is 0 Å². The van der Waals surface area contributed by atoms with Crippen molar-refractivity contribution in [2.45, 2.75) is 189 Å². The topological polar surface area (TPSA) is 332 Å². The summed E-state index contributed by atoms with van der Waals surface area (Å²) in [5, 5.41) is 84.9. The average molecular weight is 1660 g/mol. The molecule has 6 aromatic rings. The molecule has 6 aliphatic heterocycles. The minimum Gasteiger partial charge on any atom is -0.394 e. The van der Waals surface area contributed by atoms with Gasteiger partial charge in [0, 0.05) is 87.6 Å². The summed E-state index contributed by atoms with van der Waals surface area (Å²) < 4.78 is 44.7. The smallest absolute Gasteiger partial charge is 0.237 e. The van der Waals surface area contributed by atoms with Crippen LogP contribution in [0.4, 0.5) is 30.2 Å². The molecule has 0 radical (unpaired) electrons. The Bertz CT molecular complexity index is 4490. The monoisotopic (exact) mass is 1650 g/mol. The molecule has 0 bridgehead atoms. The van der Waals surface area contributed by atoms with Crippen molar-refractivity contribution >= 4 is 122 Å². The maximum absolute atomic E-state index is 15.7. The van der Waals surface area contributed by atoms with E-state index in [-0.39, 0.29) is 106 Å². The summed E-state index contributed by atoms with van der Waals surface area (Å²) in [6.45, 7) is 17.5. The fraction of sp³-hybridized carbons (Fsp3) is 0.481. The molecule has 15 N–H and O–H groups in total. The summed E-state index contributed by atoms with van der Waals surface area (Å²) in [4.78, 5) is 82.8. The van der Waals surface area contributed by atoms with E-state index in [1.165, 1.54) is 36.4 Å². The minimum atomic E-state index is -1.46. The van der Waals surface area contributed by atoms with Crippen molar-refractivity contribution in [3.05, 3.63) is 190 Å². The molecule has 0 aromatic heterocycles. The summed E-state index contributed by atoms with van der Waals surface area (Å²) in [5.74, 6) is -6.62. The first-order valence-corrected chi connectivity index (χ1v) is 39.1. The van der Waals surface area contributed by atoms with Crippen molar-refractivity contribution in [1.29, 1.82) is 0 Å². The maximum atomic E-state index is 15.7. The fourth-order valence-corrected chi connectivity index (χ4v) is 18.2. The molecule has 30 heteroatoms. The number of fused-ring (bicyclic) bond motifs is 6. The summed E-state index contributed by atoms with van der Waals surface area (Å²) in [7, 11) is 0. The van der Waals surface area contributed by atoms with Crippen molar-refractivity contribution in [2.75, 3.05) is 55.4 Å². The molecule has 3 spiro atoms. The zero-order valence-electron chi connectivity index (χ0n) is 62.8. The molecule has 0 saturated carbocycles. The number of hydrogen-bond donors (Lipinski definition) is 15. The van der Waals surface area contributed by atoms with Crippen LogP contribution in [0.1, 0.15) is 152 Å². The molecular formula is C81H96Cl6F3N9O12. The Labute approximate surface area is 673 Å². The van der Waals surface area contributed by atoms with E-state index in [1.807, 2.05) is 65.8 Å². The number of amides is 6. The van der Waals surface area contributed by atoms with Gasteiger partial charge in [0.25, 0.3) is 0 Å². The second-order valence-corrected chi connectivity index (χ2v) is 35.6. The molecule has 21 nitrogen and oxygen atoms in total. The fourth-order valence-electron chi connectivity index (χ4n) is 17.1. The molecule has 3 fully saturated rings. The predicted molar refractivity (Wildman–Crippen MR) is 424 cm³/mol. The standard InChI is InChI=1S/C27H31Cl2F2N3O4.C27H32Cl2FN3O4.C27H33Cl2N3O4/c1-26(2,3)11-21-27(15-9-19(31)17(29)10-20(15)33-25(27)38)22(13-4-5-18(30)16(28)8-13)23(34-21)24(37)32-7-6-14(36)12-35;1-26(2,3)12-20-27(17-8-7-14(28)11-19(17)32-25(27)37)21(16-5-4-6-18(29)22(16)30)23(33-20)24(36)31-10-9-15(35)13-34;1-26(2,3)13-21-27(19-8-7-17(29)12-20(19)31-25(27)36)22(15-5-4-6-16(28)11-15)23(32-21)24(35)30-10-9-18(34)14-33/h4-5,8-10,14,21-23,34-36H,6-7,11-12H2,1-3H3,(H,32,37)(H,33,38);4-8,11,15,20-21,23,33-35H,9-10,12-13H2,1-3H3,(H,31,36)(H,32,37);4-8,11-12,18,21-23,32-34H,9-10,13-14H2,1-3H3,(H,30,35)(H,31,36)/t14-,21+,22-,23+,27-;15-,20+,21-,23+,27-;18-,21+,22-,23+,27-/m000/s1. The van der Waals surface area contributed by atoms with Gasteiger partial charge < -0.3 is 78.5 Å². The number of anilines is 3. The number of aliphatic hydroxyl groups is 6. The zero-order chi connectivity index (χ0) is 81.4. The van der Waals surface area contributed by atoms with E-state index in [0.717, 1.165) is 11.1 Å². The van der Waals surface area contributed by atoms with Crippen molar-refractivity contribution in [3.8, 4) is 0 Å². The van der Waals surface area contributed by atoms with Crippen LogP contribution in [0.3, 0.4) is 0 Å². The molecule has 6 aromatic carbocycles. The van der Waals surface area contributed by atoms with Gasteiger partial charge in [-0.25, -0.2) is 13.2 Å². The molecule has 0 unspecified atom stereocenters. The van der Waals surface area contributed by atoms with Crippen LogP contribution in [0, 0.1) is 33.7 Å². The van der Waals surface area contributed by atoms with Gasteiger partial charge in [0.1, 0.15) is 33.7 Å². The van der Waals surface area contributed by atoms with Crippen LogP contribution in [0.15, 0.2) is 109 Å². The van der Waals surface area contributed by atoms with Gasteiger partial charge in [-0.05, 0) is 155 Å². The van der Waals surface area contributed by atoms with Crippen LogP contribution in [0.2, 0.25) is 30.1 Å². The molecule has 600 valence electrons. The molecule has 6 amide bonds. The lowest BCUT2D eigenvalue weighted by molar-refractivity contribution is -0.125. The largest absolute Gasteiger partial charge is 0.394 e. The van der Waals surface area contributed by atoms with Crippen molar-refractivity contribution in [1.82, 2.24) is 31.9 Å². The lowest BCUT2D eigenvalue weighted by Crippen LogP contribution is -2.49. The van der Waals surface area contributed by atoms with Crippen LogP contribution >= 0.6 is 69.6 Å². The van der Waals surface area contributed by atoms with Crippen LogP contribution in [0.5, 0.6) is 0 Å². The third-order valence-corrected chi connectivity index (χ3v) is 23.2. The quantitative estimate of drug-likeness (QED) is 0.0318. The lowest BCUT2D eigenvalue weighted by Gasteiger charge is -2.37. The molecule has 6 heterocycles. The van der Waals surface area contributed by atoms with Crippen molar-refractivity contribution in [2.24, 2.45) is 16.2 Å². The van der Waals surface area contributed by atoms with Gasteiger partial charge in [0.15, 0.2) is 0 Å². The van der Waals surface area contributed by atoms with Crippen molar-refractivity contribution < 1.29 is 72.6 Å². The first-order valence-electron chi connectivity index (χ1n) is 36.8. The number of carbonyl (C=O) groups excluding carboxylic acids is 6. The van der Waals surface area contributed by atoms with Gasteiger partial charge in [-0.3, -0.25) is 28.8 Å². The normalized spacial score (nSPS) is 25.7. The molecule has 3 saturated heterocycles. The minimum absolute atomic E-state index is 0.0690. The van der Waals surface area contributed by atoms with E-state index in [9.17, 15) is 52.9 Å². The number of benzene rings is 6. The van der Waals surface area contributed by atoms with E-state index in [0.29, 0.717) is 68.1 Å². The van der Waals surface area contributed by atoms with Gasteiger partial charge in [0.05, 0.1) is 71.3 Å². The third-order valence-electron chi connectivity index (χ3n) is 21.6. The molecule has 0 aliphatic carbocycles. The van der Waals surface area contributed by atoms with E-state index >= 15 is 4.39 Å². The Kier molecular flexibility index (Phi) is 27.2. The highest BCUT2D eigenvalue weighted by Crippen LogP contribution is 2.61. The number of halogens is 9. The number of aliphatic hydroxyl groups excluding tert-OH is 6. The summed E-state index contributed by atoms with van der Waals surface area (Å²) >= 11 is 37.3. The Morgan fingerprint density at radius 2 is 0.802 bits per heavy atom. The first kappa shape index (κ1) is 86.7. The first-order chi connectivity index (χ1) is 52.2. The maximum Gasteiger partial charge on any atom is 0.237 e. The number of rotatable bonds is 21. The molecule has 6 aliphatic rings. The summed E-state index contributed by atoms with van der Waals surface area (Å²) in [6, 6.07) is 24.8. The third kappa shape index (κ3) is 17.9. The van der Waals surface area contributed by atoms with E-state index in [2.05, 4.69) is 68.6 Å². The van der Waals surface area contributed by atoms with Gasteiger partial charge in [-0.15, -0.1) is 0 Å². The highest BCUT2D eigenvalue weighted by Gasteiger charge is 2.69. The summed E-state index contributed by atoms with van der Waals surface area (Å²) in [6.07, 6.45) is -0.843. The zero-order valence-corrected chi connectivity index (χ0v) is 67.4. The second-order valence-electron chi connectivity index (χ2n) is 33.1. The highest BCUT2D eigenvalue weighted by molar-refractivity contribution is 6.33. The highest BCUT2D eigenvalue weighted by atomic mass is 35.5. The molecule has 15 atom stereocenters. The molecular weight excluding hydrogens is 1560 g/mol. The Morgan fingerprint density at radius 1 is 0.432 bits per heavy atom. The predicted octanol–water partition coefficient (Wildman–Crippen LogP) is 11.2. The summed E-state index contributed by atoms with van der Waals surface area (Å²) in [5.41, 5.74) is 0.106. The van der Waals surface area contributed by atoms with E-state index < -0.39 is 131 Å². The second kappa shape index (κ2) is 34.8. The van der Waals surface area contributed by atoms with Crippen LogP contribution in [-0.4, -0.2) is 160 Å². The SMILES string of the molecule is CC(C)(C)C[C@H]1N[C@@H](C(=O)NCC[C@H](O)CO)[C@H](c2ccc(F)c(Cl)c2)[C@@]12C(=O)Nc1cc(Cl)c(F)cc12.CC(C)(C)C[C@H]1N[C@@H](C(=O)NCC[C@H](O)CO)[C@H](c2cccc(Cl)c2)[C@@]12C(=O)Nc1cc(Cl)ccc12.CC(C)(C)C[C@H]1N[C@@H](C(=O)NCC[C@H](O)CO)[C@H](c2cccc(Cl)c2F)[C@@]12C(=O)Nc1cc(Cl)ccc12. The van der Waals surface area contributed by atoms with Gasteiger partial charge in [-0.1, -0.05) is 174 Å². The number of carbonyl (C=O) groups is 6. The lowest BCUT2D eigenvalue weighted by atomic mass is 9.62. The van der Waals surface area contributed by atoms with Gasteiger partial charge in [0.2, 0.25) is 35.4 Å². The van der Waals surface area contributed by atoms with E-state index in [1.54, 1.807) is 48.5 Å². The van der Waals surface area contributed by atoms with Gasteiger partial charge >= 0.3 is 0 Å². The Hall–Kier alpha value is -6.69. The van der Waals surface area contributed by atoms with E-state index in [4.69, 9.17) is 84.9 Å². The van der Waals surface area contributed by atoms with Gasteiger partial charge in [-0.2, -0.15) is 0 Å². The average Bonchev–Trinajstić information content (AvgIpc) is 1.55. The number of hydrogen-bond acceptors (Lipinski definition) is 15. The van der Waals surface area contributed by atoms with Crippen LogP contribution in [0.25, 0.3) is 0 Å².